The van der Waals surface area contributed by atoms with Crippen molar-refractivity contribution in [3.05, 3.63) is 71.8 Å². The molecule has 23 heavy (non-hydrogen) atoms. The number of ketones is 1. The summed E-state index contributed by atoms with van der Waals surface area (Å²) in [7, 11) is 2.16. The molecule has 0 amide bonds. The van der Waals surface area contributed by atoms with Crippen LogP contribution < -0.4 is 0 Å². The first kappa shape index (κ1) is 15.9. The van der Waals surface area contributed by atoms with E-state index in [-0.39, 0.29) is 11.8 Å². The summed E-state index contributed by atoms with van der Waals surface area (Å²) in [4.78, 5) is 17.5. The summed E-state index contributed by atoms with van der Waals surface area (Å²) in [5.41, 5.74) is 2.05. The highest BCUT2D eigenvalue weighted by atomic mass is 16.1. The molecule has 0 radical (unpaired) electrons. The number of piperazine rings is 1. The number of rotatable bonds is 5. The predicted octanol–water partition coefficient (Wildman–Crippen LogP) is 3.25. The molecule has 0 unspecified atom stereocenters. The Balaban J connectivity index is 1.79. The summed E-state index contributed by atoms with van der Waals surface area (Å²) in [5, 5.41) is 0. The fraction of sp³-hybridized carbons (Fsp3) is 0.350. The van der Waals surface area contributed by atoms with Gasteiger partial charge in [-0.3, -0.25) is 9.69 Å². The van der Waals surface area contributed by atoms with Crippen LogP contribution in [0.15, 0.2) is 60.7 Å². The van der Waals surface area contributed by atoms with Gasteiger partial charge in [0.25, 0.3) is 0 Å². The van der Waals surface area contributed by atoms with Crippen LogP contribution in [0.25, 0.3) is 0 Å². The van der Waals surface area contributed by atoms with Crippen molar-refractivity contribution in [2.75, 3.05) is 33.2 Å². The summed E-state index contributed by atoms with van der Waals surface area (Å²) in [6.07, 6.45) is 0.539. The third-order valence-corrected chi connectivity index (χ3v) is 4.64. The fourth-order valence-electron chi connectivity index (χ4n) is 3.18. The van der Waals surface area contributed by atoms with E-state index in [1.165, 1.54) is 5.56 Å². The van der Waals surface area contributed by atoms with Crippen LogP contribution in [0.2, 0.25) is 0 Å². The molecule has 1 aliphatic heterocycles. The van der Waals surface area contributed by atoms with Crippen molar-refractivity contribution >= 4 is 5.78 Å². The highest BCUT2D eigenvalue weighted by Crippen LogP contribution is 2.27. The zero-order valence-electron chi connectivity index (χ0n) is 13.7. The first-order chi connectivity index (χ1) is 11.2. The van der Waals surface area contributed by atoms with Gasteiger partial charge in [0, 0.05) is 44.2 Å². The van der Waals surface area contributed by atoms with Gasteiger partial charge in [0.05, 0.1) is 0 Å². The maximum atomic E-state index is 12.7. The predicted molar refractivity (Wildman–Crippen MR) is 93.6 cm³/mol. The number of carbonyl (C=O) groups is 1. The van der Waals surface area contributed by atoms with Crippen molar-refractivity contribution in [3.8, 4) is 0 Å². The minimum absolute atomic E-state index is 0.164. The first-order valence-electron chi connectivity index (χ1n) is 8.30. The van der Waals surface area contributed by atoms with Gasteiger partial charge in [-0.15, -0.1) is 0 Å². The second-order valence-corrected chi connectivity index (χ2v) is 6.26. The van der Waals surface area contributed by atoms with E-state index in [2.05, 4.69) is 41.1 Å². The molecule has 0 spiro atoms. The maximum Gasteiger partial charge on any atom is 0.164 e. The van der Waals surface area contributed by atoms with Crippen LogP contribution in [0.3, 0.4) is 0 Å². The number of nitrogens with zero attached hydrogens (tertiary/aromatic N) is 2. The summed E-state index contributed by atoms with van der Waals surface area (Å²) < 4.78 is 0. The largest absolute Gasteiger partial charge is 0.304 e. The average molecular weight is 308 g/mol. The molecule has 1 atom stereocenters. The van der Waals surface area contributed by atoms with Gasteiger partial charge < -0.3 is 4.90 Å². The Morgan fingerprint density at radius 1 is 0.913 bits per heavy atom. The minimum Gasteiger partial charge on any atom is -0.304 e. The third-order valence-electron chi connectivity index (χ3n) is 4.64. The smallest absolute Gasteiger partial charge is 0.164 e. The second-order valence-electron chi connectivity index (χ2n) is 6.26. The van der Waals surface area contributed by atoms with Crippen LogP contribution in [0.1, 0.15) is 28.4 Å². The summed E-state index contributed by atoms with van der Waals surface area (Å²) >= 11 is 0. The lowest BCUT2D eigenvalue weighted by Gasteiger charge is -2.38. The average Bonchev–Trinajstić information content (AvgIpc) is 2.62. The van der Waals surface area contributed by atoms with Gasteiger partial charge in [0.1, 0.15) is 0 Å². The van der Waals surface area contributed by atoms with Gasteiger partial charge in [-0.25, -0.2) is 0 Å². The molecule has 0 N–H and O–H groups in total. The summed E-state index contributed by atoms with van der Waals surface area (Å²) in [6.45, 7) is 4.14. The van der Waals surface area contributed by atoms with Crippen molar-refractivity contribution in [2.24, 2.45) is 0 Å². The molecule has 3 heteroatoms. The van der Waals surface area contributed by atoms with Crippen molar-refractivity contribution in [1.29, 1.82) is 0 Å². The van der Waals surface area contributed by atoms with Crippen LogP contribution in [0.5, 0.6) is 0 Å². The molecule has 0 aromatic heterocycles. The lowest BCUT2D eigenvalue weighted by atomic mass is 9.96. The van der Waals surface area contributed by atoms with E-state index >= 15 is 0 Å². The van der Waals surface area contributed by atoms with Crippen molar-refractivity contribution in [3.63, 3.8) is 0 Å². The van der Waals surface area contributed by atoms with Gasteiger partial charge in [0.15, 0.2) is 5.78 Å². The van der Waals surface area contributed by atoms with Crippen molar-refractivity contribution in [1.82, 2.24) is 9.80 Å². The van der Waals surface area contributed by atoms with Crippen molar-refractivity contribution < 1.29 is 4.79 Å². The van der Waals surface area contributed by atoms with Gasteiger partial charge >= 0.3 is 0 Å². The zero-order valence-corrected chi connectivity index (χ0v) is 13.7. The molecule has 3 rings (SSSR count). The molecule has 0 aliphatic carbocycles. The normalized spacial score (nSPS) is 17.8. The Labute approximate surface area is 138 Å². The molecular formula is C20H24N2O. The topological polar surface area (TPSA) is 23.6 Å². The minimum atomic E-state index is 0.164. The monoisotopic (exact) mass is 308 g/mol. The van der Waals surface area contributed by atoms with E-state index in [1.54, 1.807) is 0 Å². The van der Waals surface area contributed by atoms with Crippen LogP contribution in [0, 0.1) is 0 Å². The van der Waals surface area contributed by atoms with Gasteiger partial charge in [0.2, 0.25) is 0 Å². The first-order valence-corrected chi connectivity index (χ1v) is 8.30. The molecule has 120 valence electrons. The third kappa shape index (κ3) is 4.06. The van der Waals surface area contributed by atoms with E-state index in [0.717, 1.165) is 31.7 Å². The van der Waals surface area contributed by atoms with E-state index < -0.39 is 0 Å². The van der Waals surface area contributed by atoms with Gasteiger partial charge in [-0.05, 0) is 12.6 Å². The fourth-order valence-corrected chi connectivity index (χ4v) is 3.18. The van der Waals surface area contributed by atoms with Crippen LogP contribution >= 0.6 is 0 Å². The maximum absolute atomic E-state index is 12.7. The molecule has 0 saturated carbocycles. The molecule has 2 aromatic carbocycles. The number of carbonyl (C=O) groups excluding carboxylic acids is 1. The summed E-state index contributed by atoms with van der Waals surface area (Å²) in [6, 6.07) is 20.2. The number of hydrogen-bond donors (Lipinski definition) is 0. The molecule has 2 aromatic rings. The Morgan fingerprint density at radius 3 is 2.09 bits per heavy atom. The van der Waals surface area contributed by atoms with E-state index in [1.807, 2.05) is 36.4 Å². The second kappa shape index (κ2) is 7.53. The van der Waals surface area contributed by atoms with E-state index in [9.17, 15) is 4.79 Å². The molecule has 1 saturated heterocycles. The number of likely N-dealkylation sites (N-methyl/N-ethyl adjacent to an activating group) is 1. The quantitative estimate of drug-likeness (QED) is 0.792. The molecule has 1 fully saturated rings. The van der Waals surface area contributed by atoms with E-state index in [0.29, 0.717) is 6.42 Å². The standard InChI is InChI=1S/C20H24N2O/c1-21-12-14-22(15-13-21)19(17-8-4-2-5-9-17)16-20(23)18-10-6-3-7-11-18/h2-11,19H,12-16H2,1H3/t19-/m1/s1. The Kier molecular flexibility index (Phi) is 5.21. The van der Waals surface area contributed by atoms with Crippen molar-refractivity contribution in [2.45, 2.75) is 12.5 Å². The molecule has 1 heterocycles. The van der Waals surface area contributed by atoms with Crippen LogP contribution in [-0.4, -0.2) is 48.8 Å². The molecule has 3 nitrogen and oxygen atoms in total. The van der Waals surface area contributed by atoms with Gasteiger partial charge in [-0.2, -0.15) is 0 Å². The molecular weight excluding hydrogens is 284 g/mol. The number of benzene rings is 2. The highest BCUT2D eigenvalue weighted by Gasteiger charge is 2.26. The van der Waals surface area contributed by atoms with Crippen LogP contribution in [-0.2, 0) is 0 Å². The Bertz CT molecular complexity index is 619. The highest BCUT2D eigenvalue weighted by molar-refractivity contribution is 5.96. The SMILES string of the molecule is CN1CCN([C@H](CC(=O)c2ccccc2)c2ccccc2)CC1. The Morgan fingerprint density at radius 2 is 1.48 bits per heavy atom. The van der Waals surface area contributed by atoms with Gasteiger partial charge in [-0.1, -0.05) is 60.7 Å². The number of hydrogen-bond acceptors (Lipinski definition) is 3. The van der Waals surface area contributed by atoms with E-state index in [4.69, 9.17) is 0 Å². The summed E-state index contributed by atoms with van der Waals surface area (Å²) in [5.74, 6) is 0.221. The molecule has 1 aliphatic rings. The number of Topliss-reactive ketones (excluding diaryl/α,β-unsaturated/α-hetero) is 1. The lowest BCUT2D eigenvalue weighted by Crippen LogP contribution is -2.46. The zero-order chi connectivity index (χ0) is 16.1. The van der Waals surface area contributed by atoms with Crippen LogP contribution in [0.4, 0.5) is 0 Å². The molecule has 0 bridgehead atoms. The Hall–Kier alpha value is -1.97. The lowest BCUT2D eigenvalue weighted by molar-refractivity contribution is 0.0822.